The summed E-state index contributed by atoms with van der Waals surface area (Å²) < 4.78 is 5.05. The lowest BCUT2D eigenvalue weighted by molar-refractivity contribution is 0.0885. The smallest absolute Gasteiger partial charge is 0.252 e. The lowest BCUT2D eigenvalue weighted by atomic mass is 10.1. The highest BCUT2D eigenvalue weighted by atomic mass is 16.5. The van der Waals surface area contributed by atoms with Gasteiger partial charge in [-0.2, -0.15) is 0 Å². The number of aliphatic hydroxyl groups excluding tert-OH is 1. The standard InChI is InChI=1S/C12H15NO4/c1-7-8(3-2-4-10(7)14)12(16)13-9-5-17-6-11(9)15/h2-4,9,11,14-15H,5-6H2,1H3,(H,13,16)/t9-,11+/m0/s1. The molecule has 1 heterocycles. The first-order valence-corrected chi connectivity index (χ1v) is 5.45. The number of phenols is 1. The maximum atomic E-state index is 11.9. The molecule has 0 aromatic heterocycles. The van der Waals surface area contributed by atoms with E-state index in [9.17, 15) is 15.0 Å². The van der Waals surface area contributed by atoms with Crippen LogP contribution in [0.2, 0.25) is 0 Å². The van der Waals surface area contributed by atoms with Crippen LogP contribution in [-0.2, 0) is 4.74 Å². The highest BCUT2D eigenvalue weighted by molar-refractivity contribution is 5.96. The molecule has 0 spiro atoms. The van der Waals surface area contributed by atoms with Crippen LogP contribution in [0.25, 0.3) is 0 Å². The van der Waals surface area contributed by atoms with Crippen molar-refractivity contribution in [3.8, 4) is 5.75 Å². The summed E-state index contributed by atoms with van der Waals surface area (Å²) in [5, 5.41) is 21.7. The number of aromatic hydroxyl groups is 1. The molecule has 3 N–H and O–H groups in total. The Labute approximate surface area is 99.0 Å². The molecule has 1 amide bonds. The Bertz CT molecular complexity index is 433. The number of aliphatic hydroxyl groups is 1. The van der Waals surface area contributed by atoms with Crippen LogP contribution in [0.1, 0.15) is 15.9 Å². The molecule has 2 atom stereocenters. The van der Waals surface area contributed by atoms with E-state index in [1.807, 2.05) is 0 Å². The summed E-state index contributed by atoms with van der Waals surface area (Å²) in [4.78, 5) is 11.9. The van der Waals surface area contributed by atoms with E-state index in [1.165, 1.54) is 6.07 Å². The Morgan fingerprint density at radius 1 is 1.47 bits per heavy atom. The van der Waals surface area contributed by atoms with Gasteiger partial charge < -0.3 is 20.3 Å². The Morgan fingerprint density at radius 3 is 2.88 bits per heavy atom. The fourth-order valence-electron chi connectivity index (χ4n) is 1.80. The van der Waals surface area contributed by atoms with Gasteiger partial charge in [0.1, 0.15) is 5.75 Å². The molecular formula is C12H15NO4. The third-order valence-corrected chi connectivity index (χ3v) is 2.92. The molecule has 17 heavy (non-hydrogen) atoms. The Hall–Kier alpha value is -1.59. The number of ether oxygens (including phenoxy) is 1. The fraction of sp³-hybridized carbons (Fsp3) is 0.417. The summed E-state index contributed by atoms with van der Waals surface area (Å²) in [6.07, 6.45) is -0.670. The zero-order valence-corrected chi connectivity index (χ0v) is 9.51. The molecule has 1 aliphatic heterocycles. The molecule has 0 saturated carbocycles. The van der Waals surface area contributed by atoms with Crippen LogP contribution in [0.15, 0.2) is 18.2 Å². The summed E-state index contributed by atoms with van der Waals surface area (Å²) >= 11 is 0. The van der Waals surface area contributed by atoms with Crippen molar-refractivity contribution >= 4 is 5.91 Å². The highest BCUT2D eigenvalue weighted by Crippen LogP contribution is 2.19. The zero-order valence-electron chi connectivity index (χ0n) is 9.51. The first-order chi connectivity index (χ1) is 8.09. The minimum Gasteiger partial charge on any atom is -0.508 e. The lowest BCUT2D eigenvalue weighted by Gasteiger charge is -2.15. The van der Waals surface area contributed by atoms with Gasteiger partial charge in [-0.3, -0.25) is 4.79 Å². The fourth-order valence-corrected chi connectivity index (χ4v) is 1.80. The number of hydrogen-bond acceptors (Lipinski definition) is 4. The molecule has 0 unspecified atom stereocenters. The van der Waals surface area contributed by atoms with E-state index < -0.39 is 6.10 Å². The van der Waals surface area contributed by atoms with Gasteiger partial charge in [-0.1, -0.05) is 6.07 Å². The lowest BCUT2D eigenvalue weighted by Crippen LogP contribution is -2.42. The van der Waals surface area contributed by atoms with Gasteiger partial charge in [-0.25, -0.2) is 0 Å². The molecule has 1 aliphatic rings. The predicted octanol–water partition coefficient (Wildman–Crippen LogP) is 0.190. The van der Waals surface area contributed by atoms with Crippen LogP contribution >= 0.6 is 0 Å². The second-order valence-corrected chi connectivity index (χ2v) is 4.13. The van der Waals surface area contributed by atoms with Gasteiger partial charge in [0.25, 0.3) is 5.91 Å². The van der Waals surface area contributed by atoms with Crippen LogP contribution in [0.3, 0.4) is 0 Å². The van der Waals surface area contributed by atoms with E-state index >= 15 is 0 Å². The van der Waals surface area contributed by atoms with Crippen LogP contribution < -0.4 is 5.32 Å². The molecule has 2 rings (SSSR count). The maximum Gasteiger partial charge on any atom is 0.252 e. The summed E-state index contributed by atoms with van der Waals surface area (Å²) in [5.74, 6) is -0.228. The molecule has 0 radical (unpaired) electrons. The van der Waals surface area contributed by atoms with E-state index in [0.717, 1.165) is 0 Å². The summed E-state index contributed by atoms with van der Waals surface area (Å²) in [6, 6.07) is 4.38. The average molecular weight is 237 g/mol. The van der Waals surface area contributed by atoms with Crippen molar-refractivity contribution in [2.75, 3.05) is 13.2 Å². The maximum absolute atomic E-state index is 11.9. The minimum absolute atomic E-state index is 0.0841. The normalized spacial score (nSPS) is 23.6. The van der Waals surface area contributed by atoms with Crippen molar-refractivity contribution in [3.63, 3.8) is 0 Å². The molecule has 1 fully saturated rings. The molecule has 0 aliphatic carbocycles. The SMILES string of the molecule is Cc1c(O)cccc1C(=O)N[C@H]1COC[C@H]1O. The highest BCUT2D eigenvalue weighted by Gasteiger charge is 2.28. The van der Waals surface area contributed by atoms with Crippen molar-refractivity contribution in [2.24, 2.45) is 0 Å². The van der Waals surface area contributed by atoms with Crippen LogP contribution in [0, 0.1) is 6.92 Å². The molecule has 92 valence electrons. The number of carbonyl (C=O) groups is 1. The van der Waals surface area contributed by atoms with E-state index in [-0.39, 0.29) is 24.3 Å². The number of rotatable bonds is 2. The first-order valence-electron chi connectivity index (χ1n) is 5.45. The number of nitrogens with one attached hydrogen (secondary N) is 1. The quantitative estimate of drug-likeness (QED) is 0.686. The average Bonchev–Trinajstić information content (AvgIpc) is 2.68. The summed E-state index contributed by atoms with van der Waals surface area (Å²) in [5.41, 5.74) is 0.933. The van der Waals surface area contributed by atoms with Crippen LogP contribution in [-0.4, -0.2) is 41.5 Å². The van der Waals surface area contributed by atoms with E-state index in [1.54, 1.807) is 19.1 Å². The van der Waals surface area contributed by atoms with Gasteiger partial charge in [-0.05, 0) is 19.1 Å². The van der Waals surface area contributed by atoms with Gasteiger partial charge in [0.2, 0.25) is 0 Å². The van der Waals surface area contributed by atoms with Gasteiger partial charge in [-0.15, -0.1) is 0 Å². The van der Waals surface area contributed by atoms with Gasteiger partial charge in [0.05, 0.1) is 25.4 Å². The molecule has 1 aromatic rings. The van der Waals surface area contributed by atoms with E-state index in [0.29, 0.717) is 17.7 Å². The predicted molar refractivity (Wildman–Crippen MR) is 60.9 cm³/mol. The second-order valence-electron chi connectivity index (χ2n) is 4.13. The first kappa shape index (κ1) is 11.9. The van der Waals surface area contributed by atoms with Crippen molar-refractivity contribution in [1.82, 2.24) is 5.32 Å². The molecular weight excluding hydrogens is 222 g/mol. The molecule has 5 heteroatoms. The van der Waals surface area contributed by atoms with Crippen molar-refractivity contribution in [2.45, 2.75) is 19.1 Å². The second kappa shape index (κ2) is 4.73. The largest absolute Gasteiger partial charge is 0.508 e. The van der Waals surface area contributed by atoms with E-state index in [4.69, 9.17) is 4.74 Å². The van der Waals surface area contributed by atoms with Crippen LogP contribution in [0.4, 0.5) is 0 Å². The topological polar surface area (TPSA) is 78.8 Å². The van der Waals surface area contributed by atoms with Crippen molar-refractivity contribution < 1.29 is 19.7 Å². The third kappa shape index (κ3) is 2.40. The number of amides is 1. The number of carbonyl (C=O) groups excluding carboxylic acids is 1. The molecule has 0 bridgehead atoms. The Kier molecular flexibility index (Phi) is 3.31. The number of phenolic OH excluding ortho intramolecular Hbond substituents is 1. The molecule has 5 nitrogen and oxygen atoms in total. The number of benzene rings is 1. The Morgan fingerprint density at radius 2 is 2.24 bits per heavy atom. The Balaban J connectivity index is 2.12. The summed E-state index contributed by atoms with van der Waals surface area (Å²) in [7, 11) is 0. The summed E-state index contributed by atoms with van der Waals surface area (Å²) in [6.45, 7) is 2.22. The zero-order chi connectivity index (χ0) is 12.4. The monoisotopic (exact) mass is 237 g/mol. The van der Waals surface area contributed by atoms with Crippen LogP contribution in [0.5, 0.6) is 5.75 Å². The minimum atomic E-state index is -0.670. The van der Waals surface area contributed by atoms with Gasteiger partial charge in [0.15, 0.2) is 0 Å². The molecule has 1 saturated heterocycles. The van der Waals surface area contributed by atoms with Crippen molar-refractivity contribution in [1.29, 1.82) is 0 Å². The van der Waals surface area contributed by atoms with Gasteiger partial charge >= 0.3 is 0 Å². The van der Waals surface area contributed by atoms with Gasteiger partial charge in [0, 0.05) is 11.1 Å². The third-order valence-electron chi connectivity index (χ3n) is 2.92. The number of hydrogen-bond donors (Lipinski definition) is 3. The molecule has 1 aromatic carbocycles. The van der Waals surface area contributed by atoms with Crippen molar-refractivity contribution in [3.05, 3.63) is 29.3 Å². The van der Waals surface area contributed by atoms with E-state index in [2.05, 4.69) is 5.32 Å².